The Kier molecular flexibility index (Phi) is 6.78. The quantitative estimate of drug-likeness (QED) is 0.162. The first kappa shape index (κ1) is 26.7. The first-order valence-corrected chi connectivity index (χ1v) is 14.3. The molecule has 6 rings (SSSR count). The number of aromatic nitrogens is 8. The van der Waals surface area contributed by atoms with Crippen molar-refractivity contribution >= 4 is 41.7 Å². The largest absolute Gasteiger partial charge is 0.394 e. The van der Waals surface area contributed by atoms with Crippen LogP contribution in [-0.4, -0.2) is 93.5 Å². The van der Waals surface area contributed by atoms with Crippen LogP contribution in [-0.2, 0) is 23.1 Å². The molecule has 40 heavy (non-hydrogen) atoms. The maximum Gasteiger partial charge on any atom is 0.328 e. The average molecular weight is 578 g/mol. The number of anilines is 2. The zero-order valence-corrected chi connectivity index (χ0v) is 22.0. The van der Waals surface area contributed by atoms with Gasteiger partial charge in [0.1, 0.15) is 36.5 Å². The second-order valence-corrected chi connectivity index (χ2v) is 11.6. The Hall–Kier alpha value is -3.51. The van der Waals surface area contributed by atoms with Gasteiger partial charge in [-0.1, -0.05) is 0 Å². The summed E-state index contributed by atoms with van der Waals surface area (Å²) < 4.78 is 39.6. The fraction of sp³-hybridized carbons (Fsp3) is 0.524. The summed E-state index contributed by atoms with van der Waals surface area (Å²) in [5, 5.41) is 20.5. The van der Waals surface area contributed by atoms with Crippen LogP contribution in [0.15, 0.2) is 23.8 Å². The number of rotatable bonds is 8. The first-order valence-electron chi connectivity index (χ1n) is 12.3. The number of aliphatic hydroxyl groups excluding tert-OH is 2. The second-order valence-electron chi connectivity index (χ2n) is 9.55. The number of fused-ring (bicyclic) bond motifs is 2. The van der Waals surface area contributed by atoms with Crippen LogP contribution in [0.3, 0.4) is 0 Å². The summed E-state index contributed by atoms with van der Waals surface area (Å²) in [6.07, 6.45) is -0.216. The number of nitrogen functional groups attached to an aromatic ring is 2. The van der Waals surface area contributed by atoms with Crippen LogP contribution in [0.1, 0.15) is 25.3 Å². The summed E-state index contributed by atoms with van der Waals surface area (Å²) in [4.78, 5) is 35.0. The predicted molar refractivity (Wildman–Crippen MR) is 137 cm³/mol. The van der Waals surface area contributed by atoms with Gasteiger partial charge in [0.05, 0.1) is 38.1 Å². The highest BCUT2D eigenvalue weighted by Crippen LogP contribution is 2.49. The summed E-state index contributed by atoms with van der Waals surface area (Å²) in [6, 6.07) is 0. The Morgan fingerprint density at radius 2 is 1.77 bits per heavy atom. The van der Waals surface area contributed by atoms with Crippen molar-refractivity contribution in [2.75, 3.05) is 31.3 Å². The zero-order valence-electron chi connectivity index (χ0n) is 21.1. The van der Waals surface area contributed by atoms with Crippen molar-refractivity contribution in [1.29, 1.82) is 0 Å². The molecule has 4 aromatic rings. The van der Waals surface area contributed by atoms with E-state index in [1.54, 1.807) is 4.57 Å². The van der Waals surface area contributed by atoms with Crippen LogP contribution >= 0.6 is 7.60 Å². The van der Waals surface area contributed by atoms with E-state index in [4.69, 9.17) is 30.0 Å². The average Bonchev–Trinajstić information content (AvgIpc) is 3.67. The van der Waals surface area contributed by atoms with E-state index in [0.717, 1.165) is 0 Å². The molecule has 0 saturated carbocycles. The smallest absolute Gasteiger partial charge is 0.328 e. The van der Waals surface area contributed by atoms with Gasteiger partial charge in [-0.15, -0.1) is 0 Å². The maximum atomic E-state index is 13.3. The van der Waals surface area contributed by atoms with Gasteiger partial charge in [-0.3, -0.25) is 23.5 Å². The van der Waals surface area contributed by atoms with Gasteiger partial charge < -0.3 is 40.2 Å². The molecule has 2 aliphatic heterocycles. The molecule has 0 radical (unpaired) electrons. The van der Waals surface area contributed by atoms with Gasteiger partial charge in [-0.2, -0.15) is 4.98 Å². The summed E-state index contributed by atoms with van der Waals surface area (Å²) in [5.74, 6) is 0.133. The molecule has 2 aliphatic rings. The molecule has 0 spiro atoms. The van der Waals surface area contributed by atoms with Gasteiger partial charge in [0, 0.05) is 19.5 Å². The van der Waals surface area contributed by atoms with Gasteiger partial charge in [0.25, 0.3) is 5.56 Å². The highest BCUT2D eigenvalue weighted by Gasteiger charge is 2.42. The summed E-state index contributed by atoms with van der Waals surface area (Å²) in [7, 11) is -3.72. The fourth-order valence-electron chi connectivity index (χ4n) is 4.90. The monoisotopic (exact) mass is 578 g/mol. The molecular formula is C21H27N10O8P. The molecule has 19 heteroatoms. The maximum absolute atomic E-state index is 13.3. The van der Waals surface area contributed by atoms with Gasteiger partial charge in [0.2, 0.25) is 5.95 Å². The standard InChI is InChI=1S/C21H27N10O8P/c1-40(35,36-5-12-9(33)2-13(38-12)30-7-26-15-17(22)24-6-25-18(15)30)39-10-3-14(37-11(10)4-32)31-8-27-16-19(31)28-21(23)29-20(16)34/h6-14,32-33H,2-5H2,1H3,(H2,22,24,25)(H3,23,28,29,34)/t9-,10-,11+,12+,13+,14+,40?/m0/s1. The Morgan fingerprint density at radius 1 is 1.07 bits per heavy atom. The third-order valence-corrected chi connectivity index (χ3v) is 8.09. The van der Waals surface area contributed by atoms with E-state index in [9.17, 15) is 19.6 Å². The topological polar surface area (TPSA) is 254 Å². The molecule has 0 amide bonds. The number of nitrogens with two attached hydrogens (primary N) is 2. The number of nitrogens with one attached hydrogen (secondary N) is 1. The first-order chi connectivity index (χ1) is 19.1. The van der Waals surface area contributed by atoms with Crippen molar-refractivity contribution in [3.05, 3.63) is 29.3 Å². The van der Waals surface area contributed by atoms with Gasteiger partial charge in [0.15, 0.2) is 22.6 Å². The van der Waals surface area contributed by atoms with Crippen LogP contribution in [0.2, 0.25) is 0 Å². The molecule has 0 aromatic carbocycles. The highest BCUT2D eigenvalue weighted by molar-refractivity contribution is 7.53. The van der Waals surface area contributed by atoms with Crippen molar-refractivity contribution in [3.8, 4) is 0 Å². The van der Waals surface area contributed by atoms with E-state index >= 15 is 0 Å². The molecule has 7 N–H and O–H groups in total. The van der Waals surface area contributed by atoms with Gasteiger partial charge >= 0.3 is 7.60 Å². The lowest BCUT2D eigenvalue weighted by Gasteiger charge is -2.23. The molecule has 4 aromatic heterocycles. The number of hydrogen-bond acceptors (Lipinski definition) is 15. The van der Waals surface area contributed by atoms with Crippen LogP contribution < -0.4 is 17.0 Å². The van der Waals surface area contributed by atoms with Crippen LogP contribution in [0.25, 0.3) is 22.3 Å². The number of hydrogen-bond donors (Lipinski definition) is 5. The lowest BCUT2D eigenvalue weighted by atomic mass is 10.2. The SMILES string of the molecule is CP(=O)(OC[C@H]1O[C@@H](n2cnc3c(N)ncnc32)C[C@@H]1O)O[C@H]1C[C@H](n2cnc3c(=O)[nH]c(N)nc32)O[C@@H]1CO. The van der Waals surface area contributed by atoms with E-state index in [2.05, 4.69) is 29.9 Å². The molecule has 18 nitrogen and oxygen atoms in total. The van der Waals surface area contributed by atoms with E-state index in [1.807, 2.05) is 0 Å². The molecule has 0 bridgehead atoms. The third-order valence-electron chi connectivity index (χ3n) is 6.82. The lowest BCUT2D eigenvalue weighted by molar-refractivity contribution is -0.0496. The zero-order chi connectivity index (χ0) is 28.2. The Labute approximate surface area is 224 Å². The molecule has 1 unspecified atom stereocenters. The molecule has 214 valence electrons. The second kappa shape index (κ2) is 10.2. The van der Waals surface area contributed by atoms with Crippen LogP contribution in [0, 0.1) is 0 Å². The normalized spacial score (nSPS) is 28.5. The van der Waals surface area contributed by atoms with Gasteiger partial charge in [-0.05, 0) is 0 Å². The molecule has 7 atom stereocenters. The van der Waals surface area contributed by atoms with Crippen LogP contribution in [0.4, 0.5) is 11.8 Å². The highest BCUT2D eigenvalue weighted by atomic mass is 31.2. The van der Waals surface area contributed by atoms with E-state index < -0.39 is 56.6 Å². The molecule has 2 fully saturated rings. The molecule has 0 aliphatic carbocycles. The number of H-pyrrole nitrogens is 1. The number of aliphatic hydroxyl groups is 2. The van der Waals surface area contributed by atoms with E-state index in [0.29, 0.717) is 11.2 Å². The Morgan fingerprint density at radius 3 is 2.55 bits per heavy atom. The number of imidazole rings is 2. The van der Waals surface area contributed by atoms with Crippen molar-refractivity contribution in [1.82, 2.24) is 39.0 Å². The summed E-state index contributed by atoms with van der Waals surface area (Å²) in [6.45, 7) is 0.627. The summed E-state index contributed by atoms with van der Waals surface area (Å²) in [5.41, 5.74) is 12.1. The fourth-order valence-corrected chi connectivity index (χ4v) is 6.09. The third kappa shape index (κ3) is 4.83. The Bertz CT molecular complexity index is 1660. The van der Waals surface area contributed by atoms with Crippen molar-refractivity contribution in [2.45, 2.75) is 49.7 Å². The van der Waals surface area contributed by atoms with Crippen molar-refractivity contribution in [2.24, 2.45) is 0 Å². The summed E-state index contributed by atoms with van der Waals surface area (Å²) >= 11 is 0. The number of aromatic amines is 1. The minimum Gasteiger partial charge on any atom is -0.394 e. The van der Waals surface area contributed by atoms with Gasteiger partial charge in [-0.25, -0.2) is 19.9 Å². The van der Waals surface area contributed by atoms with E-state index in [-0.39, 0.29) is 42.4 Å². The van der Waals surface area contributed by atoms with Crippen molar-refractivity contribution < 1.29 is 33.3 Å². The molecular weight excluding hydrogens is 551 g/mol. The molecule has 2 saturated heterocycles. The molecule has 6 heterocycles. The number of nitrogens with zero attached hydrogens (tertiary/aromatic N) is 7. The van der Waals surface area contributed by atoms with E-state index in [1.165, 1.54) is 30.2 Å². The Balaban J connectivity index is 1.10. The predicted octanol–water partition coefficient (Wildman–Crippen LogP) is -0.723. The lowest BCUT2D eigenvalue weighted by Crippen LogP contribution is -2.29. The number of ether oxygens (including phenoxy) is 2. The minimum absolute atomic E-state index is 0.0697. The van der Waals surface area contributed by atoms with Crippen LogP contribution in [0.5, 0.6) is 0 Å². The minimum atomic E-state index is -3.72. The van der Waals surface area contributed by atoms with Crippen molar-refractivity contribution in [3.63, 3.8) is 0 Å².